The minimum Gasteiger partial charge on any atom is -0.457 e. The molecule has 0 aliphatic rings. The van der Waals surface area contributed by atoms with Crippen LogP contribution in [0.2, 0.25) is 0 Å². The van der Waals surface area contributed by atoms with Gasteiger partial charge in [-0.3, -0.25) is 0 Å². The van der Waals surface area contributed by atoms with E-state index < -0.39 is 17.8 Å². The van der Waals surface area contributed by atoms with E-state index in [2.05, 4.69) is 5.10 Å². The first kappa shape index (κ1) is 19.0. The lowest BCUT2D eigenvalue weighted by molar-refractivity contribution is -0.119. The lowest BCUT2D eigenvalue weighted by Gasteiger charge is -2.28. The Morgan fingerprint density at radius 3 is 2.24 bits per heavy atom. The molecule has 1 N–H and O–H groups in total. The van der Waals surface area contributed by atoms with Crippen LogP contribution in [0.1, 0.15) is 12.5 Å². The highest BCUT2D eigenvalue weighted by Crippen LogP contribution is 2.31. The van der Waals surface area contributed by atoms with E-state index in [0.29, 0.717) is 22.2 Å². The molecule has 0 aliphatic carbocycles. The van der Waals surface area contributed by atoms with Gasteiger partial charge in [0.05, 0.1) is 17.4 Å². The standard InChI is InChI=1S/C22H17F3N2O2/c1-22(28,21(25)29-19-9-5-17(24)6-10-19)15-2-11-20-14(12-15)13-26-27(20)18-7-3-16(23)4-8-18/h2-13,21,28H,1H3. The summed E-state index contributed by atoms with van der Waals surface area (Å²) >= 11 is 0. The second kappa shape index (κ2) is 7.25. The Morgan fingerprint density at radius 2 is 1.59 bits per heavy atom. The van der Waals surface area contributed by atoms with Gasteiger partial charge < -0.3 is 9.84 Å². The van der Waals surface area contributed by atoms with Gasteiger partial charge in [0.25, 0.3) is 6.36 Å². The largest absolute Gasteiger partial charge is 0.457 e. The maximum Gasteiger partial charge on any atom is 0.270 e. The minimum atomic E-state index is -2.09. The smallest absolute Gasteiger partial charge is 0.270 e. The van der Waals surface area contributed by atoms with Crippen molar-refractivity contribution in [2.45, 2.75) is 18.9 Å². The van der Waals surface area contributed by atoms with E-state index in [1.54, 1.807) is 41.2 Å². The van der Waals surface area contributed by atoms with Crippen LogP contribution in [-0.2, 0) is 5.60 Å². The Kier molecular flexibility index (Phi) is 4.76. The summed E-state index contributed by atoms with van der Waals surface area (Å²) in [6, 6.07) is 15.6. The zero-order chi connectivity index (χ0) is 20.6. The summed E-state index contributed by atoms with van der Waals surface area (Å²) in [7, 11) is 0. The van der Waals surface area contributed by atoms with E-state index in [1.807, 2.05) is 0 Å². The van der Waals surface area contributed by atoms with Crippen LogP contribution in [-0.4, -0.2) is 21.2 Å². The molecule has 2 unspecified atom stereocenters. The van der Waals surface area contributed by atoms with Crippen molar-refractivity contribution in [2.75, 3.05) is 0 Å². The summed E-state index contributed by atoms with van der Waals surface area (Å²) in [5, 5.41) is 15.7. The van der Waals surface area contributed by atoms with E-state index in [4.69, 9.17) is 4.74 Å². The number of nitrogens with zero attached hydrogens (tertiary/aromatic N) is 2. The molecule has 0 saturated heterocycles. The third-order valence-corrected chi connectivity index (χ3v) is 4.72. The van der Waals surface area contributed by atoms with Gasteiger partial charge in [-0.2, -0.15) is 9.49 Å². The maximum absolute atomic E-state index is 14.7. The Morgan fingerprint density at radius 1 is 0.966 bits per heavy atom. The molecule has 29 heavy (non-hydrogen) atoms. The second-order valence-corrected chi connectivity index (χ2v) is 6.84. The Balaban J connectivity index is 1.62. The normalized spacial score (nSPS) is 14.5. The van der Waals surface area contributed by atoms with Crippen LogP contribution in [0.15, 0.2) is 72.9 Å². The van der Waals surface area contributed by atoms with Crippen LogP contribution < -0.4 is 4.74 Å². The molecule has 0 spiro atoms. The first-order valence-corrected chi connectivity index (χ1v) is 8.87. The number of fused-ring (bicyclic) bond motifs is 1. The predicted molar refractivity (Wildman–Crippen MR) is 103 cm³/mol. The van der Waals surface area contributed by atoms with Crippen molar-refractivity contribution in [3.8, 4) is 11.4 Å². The van der Waals surface area contributed by atoms with Crippen LogP contribution in [0.5, 0.6) is 5.75 Å². The van der Waals surface area contributed by atoms with Crippen LogP contribution in [0, 0.1) is 11.6 Å². The number of rotatable bonds is 5. The van der Waals surface area contributed by atoms with Gasteiger partial charge in [0, 0.05) is 5.39 Å². The van der Waals surface area contributed by atoms with Gasteiger partial charge in [-0.05, 0) is 73.2 Å². The quantitative estimate of drug-likeness (QED) is 0.521. The Bertz CT molecular complexity index is 1140. The van der Waals surface area contributed by atoms with Gasteiger partial charge in [0.1, 0.15) is 17.4 Å². The van der Waals surface area contributed by atoms with Crippen molar-refractivity contribution in [2.24, 2.45) is 0 Å². The second-order valence-electron chi connectivity index (χ2n) is 6.84. The lowest BCUT2D eigenvalue weighted by atomic mass is 9.95. The summed E-state index contributed by atoms with van der Waals surface area (Å²) < 4.78 is 47.7. The monoisotopic (exact) mass is 398 g/mol. The molecule has 0 radical (unpaired) electrons. The van der Waals surface area contributed by atoms with Gasteiger partial charge in [-0.1, -0.05) is 6.07 Å². The van der Waals surface area contributed by atoms with Crippen molar-refractivity contribution < 1.29 is 23.0 Å². The first-order valence-electron chi connectivity index (χ1n) is 8.87. The molecular weight excluding hydrogens is 381 g/mol. The molecule has 148 valence electrons. The summed E-state index contributed by atoms with van der Waals surface area (Å²) in [5.41, 5.74) is -0.284. The predicted octanol–water partition coefficient (Wildman–Crippen LogP) is 4.89. The fourth-order valence-corrected chi connectivity index (χ4v) is 3.01. The van der Waals surface area contributed by atoms with Gasteiger partial charge in [-0.25, -0.2) is 13.5 Å². The zero-order valence-corrected chi connectivity index (χ0v) is 15.4. The molecule has 0 fully saturated rings. The first-order chi connectivity index (χ1) is 13.8. The molecule has 0 saturated carbocycles. The fourth-order valence-electron chi connectivity index (χ4n) is 3.01. The van der Waals surface area contributed by atoms with Crippen LogP contribution in [0.4, 0.5) is 13.2 Å². The Labute approximate surface area is 164 Å². The van der Waals surface area contributed by atoms with Crippen LogP contribution in [0.3, 0.4) is 0 Å². The highest BCUT2D eigenvalue weighted by molar-refractivity contribution is 5.81. The molecule has 0 bridgehead atoms. The third kappa shape index (κ3) is 3.69. The minimum absolute atomic E-state index is 0.101. The number of halogens is 3. The van der Waals surface area contributed by atoms with E-state index in [-0.39, 0.29) is 11.6 Å². The van der Waals surface area contributed by atoms with E-state index in [1.165, 1.54) is 31.2 Å². The van der Waals surface area contributed by atoms with Gasteiger partial charge in [0.15, 0.2) is 5.60 Å². The molecule has 0 aliphatic heterocycles. The molecule has 4 aromatic rings. The fraction of sp³-hybridized carbons (Fsp3) is 0.136. The van der Waals surface area contributed by atoms with Crippen LogP contribution >= 0.6 is 0 Å². The number of aliphatic hydroxyl groups is 1. The number of alkyl halides is 1. The van der Waals surface area contributed by atoms with Gasteiger partial charge in [0.2, 0.25) is 0 Å². The van der Waals surface area contributed by atoms with Crippen molar-refractivity contribution in [3.63, 3.8) is 0 Å². The van der Waals surface area contributed by atoms with E-state index in [0.717, 1.165) is 12.1 Å². The SMILES string of the molecule is CC(O)(c1ccc2c(cnn2-c2ccc(F)cc2)c1)C(F)Oc1ccc(F)cc1. The Hall–Kier alpha value is -3.32. The number of ether oxygens (including phenoxy) is 1. The molecular formula is C22H17F3N2O2. The average molecular weight is 398 g/mol. The molecule has 0 amide bonds. The average Bonchev–Trinajstić information content (AvgIpc) is 3.13. The van der Waals surface area contributed by atoms with Gasteiger partial charge >= 0.3 is 0 Å². The van der Waals surface area contributed by atoms with Crippen LogP contribution in [0.25, 0.3) is 16.6 Å². The molecule has 2 atom stereocenters. The molecule has 4 rings (SSSR count). The van der Waals surface area contributed by atoms with Crippen molar-refractivity contribution in [1.29, 1.82) is 0 Å². The summed E-state index contributed by atoms with van der Waals surface area (Å²) in [6.07, 6.45) is -0.510. The topological polar surface area (TPSA) is 47.3 Å². The highest BCUT2D eigenvalue weighted by atomic mass is 19.1. The molecule has 7 heteroatoms. The molecule has 1 heterocycles. The van der Waals surface area contributed by atoms with E-state index >= 15 is 0 Å². The molecule has 4 nitrogen and oxygen atoms in total. The number of hydrogen-bond acceptors (Lipinski definition) is 3. The lowest BCUT2D eigenvalue weighted by Crippen LogP contribution is -2.37. The number of aromatic nitrogens is 2. The third-order valence-electron chi connectivity index (χ3n) is 4.72. The summed E-state index contributed by atoms with van der Waals surface area (Å²) in [6.45, 7) is 1.30. The van der Waals surface area contributed by atoms with E-state index in [9.17, 15) is 18.3 Å². The molecule has 1 aromatic heterocycles. The number of benzene rings is 3. The maximum atomic E-state index is 14.7. The van der Waals surface area contributed by atoms with Crippen molar-refractivity contribution in [3.05, 3.63) is 90.1 Å². The summed E-state index contributed by atoms with van der Waals surface area (Å²) in [5.74, 6) is -0.716. The summed E-state index contributed by atoms with van der Waals surface area (Å²) in [4.78, 5) is 0. The van der Waals surface area contributed by atoms with Crippen molar-refractivity contribution >= 4 is 10.9 Å². The highest BCUT2D eigenvalue weighted by Gasteiger charge is 2.36. The van der Waals surface area contributed by atoms with Crippen molar-refractivity contribution in [1.82, 2.24) is 9.78 Å². The van der Waals surface area contributed by atoms with Gasteiger partial charge in [-0.15, -0.1) is 0 Å². The number of hydrogen-bond donors (Lipinski definition) is 1. The zero-order valence-electron chi connectivity index (χ0n) is 15.4. The molecule has 3 aromatic carbocycles.